The number of hydrogen-bond donors (Lipinski definition) is 2. The highest BCUT2D eigenvalue weighted by Gasteiger charge is 2.19. The van der Waals surface area contributed by atoms with Crippen molar-refractivity contribution < 1.29 is 18.8 Å². The quantitative estimate of drug-likeness (QED) is 0.425. The van der Waals surface area contributed by atoms with E-state index in [1.165, 1.54) is 24.2 Å². The van der Waals surface area contributed by atoms with E-state index in [-0.39, 0.29) is 37.4 Å². The highest BCUT2D eigenvalue weighted by molar-refractivity contribution is 5.95. The van der Waals surface area contributed by atoms with E-state index in [0.717, 1.165) is 24.8 Å². The van der Waals surface area contributed by atoms with Crippen LogP contribution in [0.15, 0.2) is 47.1 Å². The van der Waals surface area contributed by atoms with Crippen LogP contribution >= 0.6 is 0 Å². The van der Waals surface area contributed by atoms with Gasteiger partial charge in [-0.2, -0.15) is 0 Å². The summed E-state index contributed by atoms with van der Waals surface area (Å²) in [5.41, 5.74) is 1.71. The van der Waals surface area contributed by atoms with E-state index in [9.17, 15) is 14.4 Å². The summed E-state index contributed by atoms with van der Waals surface area (Å²) in [6, 6.07) is 11.0. The van der Waals surface area contributed by atoms with Crippen LogP contribution in [0.25, 0.3) is 0 Å². The molecule has 174 valence electrons. The molecule has 0 saturated carbocycles. The Bertz CT molecular complexity index is 849. The summed E-state index contributed by atoms with van der Waals surface area (Å²) in [4.78, 5) is 38.8. The molecule has 2 N–H and O–H groups in total. The largest absolute Gasteiger partial charge is 0.467 e. The summed E-state index contributed by atoms with van der Waals surface area (Å²) in [6.07, 6.45) is 8.46. The lowest BCUT2D eigenvalue weighted by atomic mass is 10.1. The molecule has 0 spiro atoms. The Kier molecular flexibility index (Phi) is 11.1. The highest BCUT2D eigenvalue weighted by atomic mass is 16.3. The van der Waals surface area contributed by atoms with Gasteiger partial charge in [0.25, 0.3) is 0 Å². The van der Waals surface area contributed by atoms with Crippen molar-refractivity contribution in [3.05, 3.63) is 54.0 Å². The van der Waals surface area contributed by atoms with Crippen LogP contribution in [-0.4, -0.2) is 35.7 Å². The van der Waals surface area contributed by atoms with Crippen LogP contribution in [0, 0.1) is 6.92 Å². The second kappa shape index (κ2) is 14.1. The third kappa shape index (κ3) is 9.81. The normalized spacial score (nSPS) is 10.6. The molecule has 0 atom stereocenters. The number of carbonyl (C=O) groups excluding carboxylic acids is 3. The van der Waals surface area contributed by atoms with Gasteiger partial charge in [0, 0.05) is 12.1 Å². The second-order valence-electron chi connectivity index (χ2n) is 8.04. The number of nitrogens with one attached hydrogen (secondary N) is 2. The van der Waals surface area contributed by atoms with Crippen molar-refractivity contribution in [3.8, 4) is 0 Å². The van der Waals surface area contributed by atoms with Crippen molar-refractivity contribution >= 4 is 23.4 Å². The van der Waals surface area contributed by atoms with Crippen molar-refractivity contribution in [2.45, 2.75) is 65.3 Å². The number of benzene rings is 1. The molecule has 0 aliphatic rings. The van der Waals surface area contributed by atoms with Crippen molar-refractivity contribution in [1.29, 1.82) is 0 Å². The maximum absolute atomic E-state index is 12.7. The molecule has 0 aliphatic heterocycles. The Balaban J connectivity index is 1.81. The molecule has 32 heavy (non-hydrogen) atoms. The molecule has 7 heteroatoms. The zero-order chi connectivity index (χ0) is 23.2. The SMILES string of the molecule is CCCCCCCCC(=O)N(CC(=O)NCC(=O)Nc1cccc(C)c1)Cc1ccco1. The molecule has 0 fully saturated rings. The molecule has 0 aliphatic carbocycles. The minimum Gasteiger partial charge on any atom is -0.467 e. The average Bonchev–Trinajstić information content (AvgIpc) is 3.27. The van der Waals surface area contributed by atoms with Crippen molar-refractivity contribution in [2.75, 3.05) is 18.4 Å². The molecule has 0 saturated heterocycles. The summed E-state index contributed by atoms with van der Waals surface area (Å²) in [5, 5.41) is 5.35. The molecule has 1 aromatic carbocycles. The van der Waals surface area contributed by atoms with Gasteiger partial charge in [0.2, 0.25) is 17.7 Å². The van der Waals surface area contributed by atoms with Crippen LogP contribution in [0.2, 0.25) is 0 Å². The first-order valence-electron chi connectivity index (χ1n) is 11.4. The Hall–Kier alpha value is -3.09. The first kappa shape index (κ1) is 25.2. The molecule has 1 aromatic heterocycles. The molecular weight excluding hydrogens is 406 g/mol. The number of hydrogen-bond acceptors (Lipinski definition) is 4. The summed E-state index contributed by atoms with van der Waals surface area (Å²) in [6.45, 7) is 4.06. The van der Waals surface area contributed by atoms with Gasteiger partial charge in [-0.15, -0.1) is 0 Å². The fourth-order valence-corrected chi connectivity index (χ4v) is 3.37. The zero-order valence-electron chi connectivity index (χ0n) is 19.2. The van der Waals surface area contributed by atoms with Gasteiger partial charge in [-0.25, -0.2) is 0 Å². The number of carbonyl (C=O) groups is 3. The minimum atomic E-state index is -0.382. The lowest BCUT2D eigenvalue weighted by Crippen LogP contribution is -2.42. The van der Waals surface area contributed by atoms with Crippen LogP contribution in [0.4, 0.5) is 5.69 Å². The van der Waals surface area contributed by atoms with Gasteiger partial charge >= 0.3 is 0 Å². The molecule has 7 nitrogen and oxygen atoms in total. The number of amides is 3. The molecule has 2 rings (SSSR count). The standard InChI is InChI=1S/C25H35N3O4/c1-3-4-5-6-7-8-14-25(31)28(18-22-13-10-15-32-22)19-24(30)26-17-23(29)27-21-12-9-11-20(2)16-21/h9-13,15-16H,3-8,14,17-19H2,1-2H3,(H,26,30)(H,27,29). The van der Waals surface area contributed by atoms with Crippen molar-refractivity contribution in [1.82, 2.24) is 10.2 Å². The van der Waals surface area contributed by atoms with E-state index in [0.29, 0.717) is 17.9 Å². The molecular formula is C25H35N3O4. The van der Waals surface area contributed by atoms with Gasteiger partial charge in [0.15, 0.2) is 0 Å². The van der Waals surface area contributed by atoms with Crippen LogP contribution in [0.3, 0.4) is 0 Å². The Morgan fingerprint density at radius 3 is 2.47 bits per heavy atom. The van der Waals surface area contributed by atoms with Gasteiger partial charge in [0.05, 0.1) is 19.4 Å². The Labute approximate surface area is 190 Å². The maximum Gasteiger partial charge on any atom is 0.243 e. The second-order valence-corrected chi connectivity index (χ2v) is 8.04. The molecule has 0 bridgehead atoms. The Morgan fingerprint density at radius 2 is 1.75 bits per heavy atom. The van der Waals surface area contributed by atoms with Crippen LogP contribution in [0.5, 0.6) is 0 Å². The summed E-state index contributed by atoms with van der Waals surface area (Å²) in [5.74, 6) is -0.172. The molecule has 1 heterocycles. The van der Waals surface area contributed by atoms with Crippen molar-refractivity contribution in [2.24, 2.45) is 0 Å². The number of furan rings is 1. The topological polar surface area (TPSA) is 91.7 Å². The van der Waals surface area contributed by atoms with Gasteiger partial charge < -0.3 is 20.0 Å². The lowest BCUT2D eigenvalue weighted by molar-refractivity contribution is -0.137. The van der Waals surface area contributed by atoms with E-state index in [2.05, 4.69) is 17.6 Å². The predicted octanol–water partition coefficient (Wildman–Crippen LogP) is 4.42. The van der Waals surface area contributed by atoms with Crippen molar-refractivity contribution in [3.63, 3.8) is 0 Å². The number of anilines is 1. The predicted molar refractivity (Wildman–Crippen MR) is 125 cm³/mol. The molecule has 0 unspecified atom stereocenters. The van der Waals surface area contributed by atoms with Crippen LogP contribution in [-0.2, 0) is 20.9 Å². The van der Waals surface area contributed by atoms with E-state index < -0.39 is 0 Å². The maximum atomic E-state index is 12.7. The fraction of sp³-hybridized carbons (Fsp3) is 0.480. The lowest BCUT2D eigenvalue weighted by Gasteiger charge is -2.21. The fourth-order valence-electron chi connectivity index (χ4n) is 3.37. The van der Waals surface area contributed by atoms with Gasteiger partial charge in [-0.3, -0.25) is 14.4 Å². The minimum absolute atomic E-state index is 0.0868. The summed E-state index contributed by atoms with van der Waals surface area (Å²) < 4.78 is 5.35. The summed E-state index contributed by atoms with van der Waals surface area (Å²) in [7, 11) is 0. The van der Waals surface area contributed by atoms with E-state index in [1.807, 2.05) is 25.1 Å². The third-order valence-corrected chi connectivity index (χ3v) is 5.11. The number of aryl methyl sites for hydroxylation is 1. The molecule has 0 radical (unpaired) electrons. The van der Waals surface area contributed by atoms with E-state index >= 15 is 0 Å². The van der Waals surface area contributed by atoms with E-state index in [1.54, 1.807) is 24.5 Å². The zero-order valence-corrected chi connectivity index (χ0v) is 19.2. The van der Waals surface area contributed by atoms with Gasteiger partial charge in [-0.05, 0) is 43.2 Å². The van der Waals surface area contributed by atoms with Crippen LogP contribution < -0.4 is 10.6 Å². The number of nitrogens with zero attached hydrogens (tertiary/aromatic N) is 1. The van der Waals surface area contributed by atoms with E-state index in [4.69, 9.17) is 4.42 Å². The van der Waals surface area contributed by atoms with Crippen LogP contribution in [0.1, 0.15) is 63.2 Å². The monoisotopic (exact) mass is 441 g/mol. The van der Waals surface area contributed by atoms with Gasteiger partial charge in [-0.1, -0.05) is 51.2 Å². The summed E-state index contributed by atoms with van der Waals surface area (Å²) >= 11 is 0. The first-order valence-corrected chi connectivity index (χ1v) is 11.4. The third-order valence-electron chi connectivity index (χ3n) is 5.11. The average molecular weight is 442 g/mol. The number of unbranched alkanes of at least 4 members (excludes halogenated alkanes) is 5. The number of rotatable bonds is 14. The molecule has 3 amide bonds. The molecule has 2 aromatic rings. The smallest absolute Gasteiger partial charge is 0.243 e. The van der Waals surface area contributed by atoms with Gasteiger partial charge in [0.1, 0.15) is 12.3 Å². The Morgan fingerprint density at radius 1 is 0.969 bits per heavy atom. The highest BCUT2D eigenvalue weighted by Crippen LogP contribution is 2.12. The first-order chi connectivity index (χ1) is 15.5.